The minimum absolute atomic E-state index is 0. The van der Waals surface area contributed by atoms with Crippen molar-refractivity contribution in [2.45, 2.75) is 52.5 Å². The van der Waals surface area contributed by atoms with Crippen LogP contribution in [-0.2, 0) is 18.3 Å². The molecule has 1 aliphatic heterocycles. The van der Waals surface area contributed by atoms with E-state index >= 15 is 0 Å². The molecule has 29 heavy (non-hydrogen) atoms. The van der Waals surface area contributed by atoms with Crippen molar-refractivity contribution in [3.05, 3.63) is 16.8 Å². The monoisotopic (exact) mass is 445 g/mol. The van der Waals surface area contributed by atoms with Gasteiger partial charge in [-0.05, 0) is 57.1 Å². The third-order valence-corrected chi connectivity index (χ3v) is 5.86. The fourth-order valence-corrected chi connectivity index (χ4v) is 4.16. The third kappa shape index (κ3) is 5.13. The molecule has 2 N–H and O–H groups in total. The maximum atomic E-state index is 12.8. The summed E-state index contributed by atoms with van der Waals surface area (Å²) in [6, 6.07) is 0.134. The summed E-state index contributed by atoms with van der Waals surface area (Å²) in [7, 11) is 3.49. The first-order chi connectivity index (χ1) is 12.8. The predicted octanol–water partition coefficient (Wildman–Crippen LogP) is 2.96. The molecule has 1 saturated heterocycles. The second-order valence-corrected chi connectivity index (χ2v) is 7.73. The lowest BCUT2D eigenvalue weighted by Crippen LogP contribution is -2.45. The van der Waals surface area contributed by atoms with Crippen molar-refractivity contribution in [1.29, 1.82) is 0 Å². The maximum absolute atomic E-state index is 12.8. The Kier molecular flexibility index (Phi) is 9.18. The molecule has 164 valence electrons. The highest BCUT2D eigenvalue weighted by molar-refractivity contribution is 5.86. The summed E-state index contributed by atoms with van der Waals surface area (Å²) in [4.78, 5) is 19.5. The normalized spacial score (nSPS) is 17.4. The standard InChI is InChI=1S/C20H31N5O2.2ClH/c1-12-16(14(3)22-19-18(12)20(27-5)23-24(19)4)8-9-17(26)25-10-6-7-15(11-25)13(2)21;;/h13,15H,6-11,21H2,1-5H3;2*1H. The van der Waals surface area contributed by atoms with Gasteiger partial charge in [0.05, 0.1) is 12.5 Å². The van der Waals surface area contributed by atoms with Gasteiger partial charge in [-0.15, -0.1) is 29.9 Å². The number of aryl methyl sites for hydroxylation is 3. The molecule has 2 aromatic heterocycles. The second-order valence-electron chi connectivity index (χ2n) is 7.73. The van der Waals surface area contributed by atoms with Gasteiger partial charge in [-0.25, -0.2) is 9.67 Å². The lowest BCUT2D eigenvalue weighted by atomic mass is 9.91. The number of nitrogens with zero attached hydrogens (tertiary/aromatic N) is 4. The third-order valence-electron chi connectivity index (χ3n) is 5.86. The number of pyridine rings is 1. The number of likely N-dealkylation sites (tertiary alicyclic amines) is 1. The summed E-state index contributed by atoms with van der Waals surface area (Å²) in [5.41, 5.74) is 10.0. The minimum Gasteiger partial charge on any atom is -0.479 e. The van der Waals surface area contributed by atoms with E-state index < -0.39 is 0 Å². The van der Waals surface area contributed by atoms with E-state index in [1.54, 1.807) is 11.8 Å². The van der Waals surface area contributed by atoms with Crippen LogP contribution < -0.4 is 10.5 Å². The second kappa shape index (κ2) is 10.5. The number of fused-ring (bicyclic) bond motifs is 1. The number of piperidine rings is 1. The zero-order valence-electron chi connectivity index (χ0n) is 17.9. The molecule has 2 atom stereocenters. The van der Waals surface area contributed by atoms with Crippen molar-refractivity contribution < 1.29 is 9.53 Å². The molecule has 0 aliphatic carbocycles. The van der Waals surface area contributed by atoms with E-state index in [0.717, 1.165) is 53.8 Å². The van der Waals surface area contributed by atoms with E-state index in [1.807, 2.05) is 25.8 Å². The number of hydrogen-bond donors (Lipinski definition) is 1. The first-order valence-electron chi connectivity index (χ1n) is 9.73. The van der Waals surface area contributed by atoms with Gasteiger partial charge in [0.15, 0.2) is 5.65 Å². The summed E-state index contributed by atoms with van der Waals surface area (Å²) in [6.07, 6.45) is 3.32. The number of hydrogen-bond acceptors (Lipinski definition) is 5. The van der Waals surface area contributed by atoms with Crippen LogP contribution in [0.2, 0.25) is 0 Å². The van der Waals surface area contributed by atoms with E-state index in [0.29, 0.717) is 24.6 Å². The largest absolute Gasteiger partial charge is 0.479 e. The first kappa shape index (κ1) is 25.5. The highest BCUT2D eigenvalue weighted by atomic mass is 35.5. The van der Waals surface area contributed by atoms with Gasteiger partial charge in [0.25, 0.3) is 0 Å². The Morgan fingerprint density at radius 2 is 2.03 bits per heavy atom. The molecule has 3 rings (SSSR count). The van der Waals surface area contributed by atoms with Crippen LogP contribution in [0.5, 0.6) is 5.88 Å². The Balaban J connectivity index is 0.00000210. The number of aromatic nitrogens is 3. The Labute approximate surface area is 185 Å². The molecular weight excluding hydrogens is 413 g/mol. The van der Waals surface area contributed by atoms with Crippen molar-refractivity contribution in [3.63, 3.8) is 0 Å². The smallest absolute Gasteiger partial charge is 0.242 e. The predicted molar refractivity (Wildman–Crippen MR) is 120 cm³/mol. The zero-order valence-corrected chi connectivity index (χ0v) is 19.5. The number of halogens is 2. The summed E-state index contributed by atoms with van der Waals surface area (Å²) < 4.78 is 7.16. The number of amides is 1. The van der Waals surface area contributed by atoms with Gasteiger partial charge in [0, 0.05) is 38.3 Å². The average molecular weight is 446 g/mol. The van der Waals surface area contributed by atoms with Crippen LogP contribution in [0.1, 0.15) is 43.0 Å². The molecule has 0 bridgehead atoms. The van der Waals surface area contributed by atoms with Gasteiger partial charge < -0.3 is 15.4 Å². The Morgan fingerprint density at radius 1 is 1.34 bits per heavy atom. The molecule has 0 saturated carbocycles. The van der Waals surface area contributed by atoms with Crippen molar-refractivity contribution in [2.75, 3.05) is 20.2 Å². The van der Waals surface area contributed by atoms with Crippen LogP contribution >= 0.6 is 24.8 Å². The molecule has 0 spiro atoms. The summed E-state index contributed by atoms with van der Waals surface area (Å²) in [6.45, 7) is 7.72. The lowest BCUT2D eigenvalue weighted by Gasteiger charge is -2.34. The SMILES string of the molecule is COc1nn(C)c2nc(C)c(CCC(=O)N3CCCC(C(C)N)C3)c(C)c12.Cl.Cl. The van der Waals surface area contributed by atoms with Crippen LogP contribution in [0.3, 0.4) is 0 Å². The van der Waals surface area contributed by atoms with Gasteiger partial charge in [-0.1, -0.05) is 0 Å². The topological polar surface area (TPSA) is 86.3 Å². The van der Waals surface area contributed by atoms with Gasteiger partial charge in [-0.2, -0.15) is 0 Å². The highest BCUT2D eigenvalue weighted by Crippen LogP contribution is 2.30. The summed E-state index contributed by atoms with van der Waals surface area (Å²) in [5, 5.41) is 5.32. The van der Waals surface area contributed by atoms with Crippen LogP contribution in [0, 0.1) is 19.8 Å². The van der Waals surface area contributed by atoms with E-state index in [1.165, 1.54) is 0 Å². The molecule has 3 heterocycles. The van der Waals surface area contributed by atoms with E-state index in [9.17, 15) is 4.79 Å². The van der Waals surface area contributed by atoms with Crippen LogP contribution in [0.15, 0.2) is 0 Å². The molecule has 1 amide bonds. The van der Waals surface area contributed by atoms with Crippen molar-refractivity contribution in [2.24, 2.45) is 18.7 Å². The fraction of sp³-hybridized carbons (Fsp3) is 0.650. The number of rotatable bonds is 5. The molecular formula is C20H33Cl2N5O2. The van der Waals surface area contributed by atoms with Crippen LogP contribution in [0.25, 0.3) is 11.0 Å². The van der Waals surface area contributed by atoms with Crippen LogP contribution in [-0.4, -0.2) is 51.8 Å². The quantitative estimate of drug-likeness (QED) is 0.763. The number of carbonyl (C=O) groups excluding carboxylic acids is 1. The lowest BCUT2D eigenvalue weighted by molar-refractivity contribution is -0.133. The summed E-state index contributed by atoms with van der Waals surface area (Å²) in [5.74, 6) is 1.20. The number of nitrogens with two attached hydrogens (primary N) is 1. The molecule has 0 radical (unpaired) electrons. The number of methoxy groups -OCH3 is 1. The molecule has 1 fully saturated rings. The highest BCUT2D eigenvalue weighted by Gasteiger charge is 2.26. The van der Waals surface area contributed by atoms with Gasteiger partial charge in [0.1, 0.15) is 0 Å². The van der Waals surface area contributed by atoms with E-state index in [-0.39, 0.29) is 36.8 Å². The van der Waals surface area contributed by atoms with E-state index in [2.05, 4.69) is 12.0 Å². The van der Waals surface area contributed by atoms with Crippen molar-refractivity contribution in [1.82, 2.24) is 19.7 Å². The van der Waals surface area contributed by atoms with E-state index in [4.69, 9.17) is 15.5 Å². The number of ether oxygens (including phenoxy) is 1. The van der Waals surface area contributed by atoms with Crippen LogP contribution in [0.4, 0.5) is 0 Å². The molecule has 7 nitrogen and oxygen atoms in total. The van der Waals surface area contributed by atoms with Gasteiger partial charge in [-0.3, -0.25) is 4.79 Å². The zero-order chi connectivity index (χ0) is 19.7. The molecule has 2 unspecified atom stereocenters. The van der Waals surface area contributed by atoms with Gasteiger partial charge >= 0.3 is 0 Å². The Hall–Kier alpha value is -1.57. The maximum Gasteiger partial charge on any atom is 0.242 e. The number of carbonyl (C=O) groups is 1. The Bertz CT molecular complexity index is 853. The average Bonchev–Trinajstić information content (AvgIpc) is 2.97. The fourth-order valence-electron chi connectivity index (χ4n) is 4.16. The molecule has 1 aliphatic rings. The Morgan fingerprint density at radius 3 is 2.66 bits per heavy atom. The molecule has 0 aromatic carbocycles. The summed E-state index contributed by atoms with van der Waals surface area (Å²) >= 11 is 0. The van der Waals surface area contributed by atoms with Gasteiger partial charge in [0.2, 0.25) is 11.8 Å². The molecule has 9 heteroatoms. The van der Waals surface area contributed by atoms with Crippen molar-refractivity contribution >= 4 is 41.8 Å². The van der Waals surface area contributed by atoms with Crippen molar-refractivity contribution in [3.8, 4) is 5.88 Å². The molecule has 2 aromatic rings. The first-order valence-corrected chi connectivity index (χ1v) is 9.73. The minimum atomic E-state index is 0.